The summed E-state index contributed by atoms with van der Waals surface area (Å²) in [6, 6.07) is 14.0. The Bertz CT molecular complexity index is 1040. The number of amides is 2. The van der Waals surface area contributed by atoms with Crippen LogP contribution in [0.15, 0.2) is 47.6 Å². The Morgan fingerprint density at radius 3 is 2.33 bits per heavy atom. The van der Waals surface area contributed by atoms with Crippen LogP contribution in [0.4, 0.5) is 0 Å². The topological polar surface area (TPSA) is 177 Å². The number of nitroso groups, excluding NO2 is 1. The Morgan fingerprint density at radius 1 is 1.14 bits per heavy atom. The second kappa shape index (κ2) is 26.6. The average molecular weight is 618 g/mol. The van der Waals surface area contributed by atoms with Gasteiger partial charge in [0.15, 0.2) is 0 Å². The van der Waals surface area contributed by atoms with Crippen LogP contribution in [0.1, 0.15) is 45.6 Å². The van der Waals surface area contributed by atoms with Crippen LogP contribution in [-0.4, -0.2) is 84.6 Å². The fraction of sp³-hybridized carbons (Fsp3) is 0.552. The summed E-state index contributed by atoms with van der Waals surface area (Å²) < 4.78 is 4.98. The minimum absolute atomic E-state index is 0. The van der Waals surface area contributed by atoms with E-state index in [0.29, 0.717) is 32.4 Å². The number of aliphatic carboxylic acids is 1. The molecule has 0 spiro atoms. The van der Waals surface area contributed by atoms with E-state index in [1.54, 1.807) is 6.92 Å². The van der Waals surface area contributed by atoms with Gasteiger partial charge in [-0.3, -0.25) is 9.59 Å². The first-order valence-electron chi connectivity index (χ1n) is 13.5. The van der Waals surface area contributed by atoms with Gasteiger partial charge in [-0.05, 0) is 54.0 Å². The minimum atomic E-state index is -1.18. The van der Waals surface area contributed by atoms with Gasteiger partial charge in [0.1, 0.15) is 0 Å². The van der Waals surface area contributed by atoms with Crippen molar-refractivity contribution in [3.05, 3.63) is 52.9 Å². The monoisotopic (exact) mass is 617 g/mol. The standard InChI is InChI=1S/C15H17NO2.C8H13NO4.C5H11NOS.CH4O.Na/c1-11(17)10-16-15(18)9-12-6-7-13-4-2-3-5-14(13)8-12;1-5(10)9-6-2-3-7(8(11)12)13-4-6;1-2-8-5-3-4-6-7;1-2;/h2-8,11,17H,9-10H2,1H3,(H,16,18);6-7H,2-4H2,1H3,(H,9,10)(H,11,12);2-5H2,1H3;2H,1H3;/q;;;;+1/p-1. The van der Waals surface area contributed by atoms with Gasteiger partial charge in [-0.25, -0.2) is 0 Å². The molecule has 2 aromatic carbocycles. The summed E-state index contributed by atoms with van der Waals surface area (Å²) in [5.74, 6) is 0.842. The van der Waals surface area contributed by atoms with Crippen LogP contribution in [0.25, 0.3) is 10.8 Å². The smallest absolute Gasteiger partial charge is 0.547 e. The third-order valence-electron chi connectivity index (χ3n) is 5.46. The van der Waals surface area contributed by atoms with Crippen LogP contribution in [0, 0.1) is 4.91 Å². The molecular weight excluding hydrogens is 573 g/mol. The van der Waals surface area contributed by atoms with Gasteiger partial charge in [0.05, 0.1) is 43.8 Å². The maximum atomic E-state index is 11.6. The molecule has 3 unspecified atom stereocenters. The normalized spacial score (nSPS) is 15.9. The SMILES string of the molecule is CC(=O)NC1CCC(C(=O)[O-])OC1.CC(O)CNC(=O)Cc1ccc2ccccc2c1.CCSCCCN=O.CO.[Na+]. The zero-order chi connectivity index (χ0) is 31.0. The first-order chi connectivity index (χ1) is 19.7. The molecule has 3 rings (SSSR count). The maximum Gasteiger partial charge on any atom is 1.00 e. The average Bonchev–Trinajstić information content (AvgIpc) is 2.96. The molecule has 1 fully saturated rings. The Hall–Kier alpha value is -2.06. The van der Waals surface area contributed by atoms with Crippen molar-refractivity contribution in [2.24, 2.45) is 5.18 Å². The summed E-state index contributed by atoms with van der Waals surface area (Å²) in [6.45, 7) is 6.21. The fourth-order valence-electron chi connectivity index (χ4n) is 3.57. The van der Waals surface area contributed by atoms with Gasteiger partial charge in [0.2, 0.25) is 11.8 Å². The summed E-state index contributed by atoms with van der Waals surface area (Å²) in [6.07, 6.45) is 0.973. The van der Waals surface area contributed by atoms with Crippen molar-refractivity contribution in [3.63, 3.8) is 0 Å². The molecule has 1 aliphatic rings. The molecule has 0 aromatic heterocycles. The zero-order valence-corrected chi connectivity index (χ0v) is 28.2. The Balaban J connectivity index is 0. The van der Waals surface area contributed by atoms with Crippen molar-refractivity contribution in [2.75, 3.05) is 38.3 Å². The van der Waals surface area contributed by atoms with E-state index in [9.17, 15) is 24.4 Å². The van der Waals surface area contributed by atoms with Crippen molar-refractivity contribution in [1.82, 2.24) is 10.6 Å². The molecule has 1 aliphatic heterocycles. The molecule has 13 heteroatoms. The molecule has 1 heterocycles. The predicted octanol–water partition coefficient (Wildman–Crippen LogP) is -1.19. The van der Waals surface area contributed by atoms with E-state index in [1.165, 1.54) is 12.3 Å². The van der Waals surface area contributed by atoms with Crippen LogP contribution in [-0.2, 0) is 25.5 Å². The predicted molar refractivity (Wildman–Crippen MR) is 160 cm³/mol. The van der Waals surface area contributed by atoms with E-state index in [-0.39, 0.29) is 54.0 Å². The molecule has 11 nitrogen and oxygen atoms in total. The van der Waals surface area contributed by atoms with E-state index in [2.05, 4.69) is 22.7 Å². The van der Waals surface area contributed by atoms with Gasteiger partial charge in [-0.1, -0.05) is 54.6 Å². The van der Waals surface area contributed by atoms with Crippen LogP contribution in [0.3, 0.4) is 0 Å². The quantitative estimate of drug-likeness (QED) is 0.137. The Kier molecular flexibility index (Phi) is 26.6. The summed E-state index contributed by atoms with van der Waals surface area (Å²) in [7, 11) is 1.00. The van der Waals surface area contributed by atoms with E-state index in [0.717, 1.165) is 36.0 Å². The zero-order valence-electron chi connectivity index (χ0n) is 25.3. The fourth-order valence-corrected chi connectivity index (χ4v) is 4.19. The second-order valence-corrected chi connectivity index (χ2v) is 10.4. The number of nitrogens with zero attached hydrogens (tertiary/aromatic N) is 1. The summed E-state index contributed by atoms with van der Waals surface area (Å²) in [5, 5.41) is 36.9. The molecule has 0 bridgehead atoms. The first-order valence-corrected chi connectivity index (χ1v) is 14.6. The number of rotatable bonds is 11. The molecule has 1 saturated heterocycles. The molecule has 0 radical (unpaired) electrons. The number of carbonyl (C=O) groups is 3. The van der Waals surface area contributed by atoms with Gasteiger partial charge >= 0.3 is 29.6 Å². The molecular formula is C29H44N3NaO8S. The van der Waals surface area contributed by atoms with Gasteiger partial charge in [0, 0.05) is 20.6 Å². The van der Waals surface area contributed by atoms with Crippen LogP contribution >= 0.6 is 11.8 Å². The van der Waals surface area contributed by atoms with E-state index in [4.69, 9.17) is 14.9 Å². The molecule has 3 atom stereocenters. The molecule has 0 saturated carbocycles. The molecule has 0 aliphatic carbocycles. The van der Waals surface area contributed by atoms with Gasteiger partial charge in [-0.2, -0.15) is 16.7 Å². The van der Waals surface area contributed by atoms with Gasteiger partial charge < -0.3 is 35.5 Å². The number of nitrogens with one attached hydrogen (secondary N) is 2. The number of carbonyl (C=O) groups excluding carboxylic acids is 3. The van der Waals surface area contributed by atoms with Crippen molar-refractivity contribution >= 4 is 40.3 Å². The van der Waals surface area contributed by atoms with Crippen molar-refractivity contribution in [3.8, 4) is 0 Å². The number of carboxylic acids is 1. The number of hydrogen-bond acceptors (Lipinski definition) is 10. The number of hydrogen-bond donors (Lipinski definition) is 4. The van der Waals surface area contributed by atoms with E-state index < -0.39 is 18.2 Å². The number of aliphatic hydroxyl groups is 2. The van der Waals surface area contributed by atoms with Gasteiger partial charge in [0.25, 0.3) is 0 Å². The minimum Gasteiger partial charge on any atom is -0.547 e. The van der Waals surface area contributed by atoms with Crippen LogP contribution < -0.4 is 45.3 Å². The van der Waals surface area contributed by atoms with E-state index in [1.807, 2.05) is 54.2 Å². The largest absolute Gasteiger partial charge is 1.00 e. The van der Waals surface area contributed by atoms with E-state index >= 15 is 0 Å². The van der Waals surface area contributed by atoms with Crippen molar-refractivity contribution < 1.29 is 64.0 Å². The Morgan fingerprint density at radius 2 is 1.81 bits per heavy atom. The molecule has 2 aromatic rings. The number of aliphatic hydroxyl groups excluding tert-OH is 2. The van der Waals surface area contributed by atoms with Crippen LogP contribution in [0.5, 0.6) is 0 Å². The van der Waals surface area contributed by atoms with Crippen LogP contribution in [0.2, 0.25) is 0 Å². The summed E-state index contributed by atoms with van der Waals surface area (Å²) >= 11 is 1.85. The maximum absolute atomic E-state index is 11.6. The third kappa shape index (κ3) is 20.8. The summed E-state index contributed by atoms with van der Waals surface area (Å²) in [5.41, 5.74) is 0.983. The third-order valence-corrected chi connectivity index (χ3v) is 6.45. The number of ether oxygens (including phenoxy) is 1. The molecule has 230 valence electrons. The number of benzene rings is 2. The Labute approximate surface area is 274 Å². The molecule has 42 heavy (non-hydrogen) atoms. The van der Waals surface area contributed by atoms with Crippen molar-refractivity contribution in [2.45, 2.75) is 64.7 Å². The first kappa shape index (κ1) is 42.1. The molecule has 2 amide bonds. The second-order valence-electron chi connectivity index (χ2n) is 9.03. The number of carboxylic acid groups (broad SMARTS) is 1. The summed E-state index contributed by atoms with van der Waals surface area (Å²) in [4.78, 5) is 42.1. The van der Waals surface area contributed by atoms with Crippen molar-refractivity contribution in [1.29, 1.82) is 0 Å². The molecule has 4 N–H and O–H groups in total. The number of fused-ring (bicyclic) bond motifs is 1. The number of thioether (sulfide) groups is 1. The van der Waals surface area contributed by atoms with Gasteiger partial charge in [-0.15, -0.1) is 0 Å².